The van der Waals surface area contributed by atoms with E-state index in [0.717, 1.165) is 6.42 Å². The first-order valence-corrected chi connectivity index (χ1v) is 8.66. The van der Waals surface area contributed by atoms with E-state index in [4.69, 9.17) is 11.6 Å². The lowest BCUT2D eigenvalue weighted by Gasteiger charge is -2.43. The molecule has 0 N–H and O–H groups in total. The average Bonchev–Trinajstić information content (AvgIpc) is 2.55. The third-order valence-electron chi connectivity index (χ3n) is 4.99. The molecule has 5 nitrogen and oxygen atoms in total. The Morgan fingerprint density at radius 1 is 1.31 bits per heavy atom. The van der Waals surface area contributed by atoms with E-state index in [-0.39, 0.29) is 24.0 Å². The maximum absolute atomic E-state index is 13.6. The summed E-state index contributed by atoms with van der Waals surface area (Å²) in [5.74, 6) is -0.497. The Kier molecular flexibility index (Phi) is 4.96. The van der Waals surface area contributed by atoms with Crippen molar-refractivity contribution in [1.29, 1.82) is 0 Å². The fourth-order valence-electron chi connectivity index (χ4n) is 3.43. The Morgan fingerprint density at radius 2 is 2.04 bits per heavy atom. The van der Waals surface area contributed by atoms with Crippen molar-refractivity contribution in [2.45, 2.75) is 31.2 Å². The molecular formula is C19H18ClFN2O3. The van der Waals surface area contributed by atoms with Crippen molar-refractivity contribution in [1.82, 2.24) is 4.90 Å². The molecule has 2 aromatic rings. The molecule has 0 unspecified atom stereocenters. The number of nitrogens with zero attached hydrogens (tertiary/aromatic N) is 2. The molecule has 1 fully saturated rings. The third-order valence-corrected chi connectivity index (χ3v) is 5.36. The summed E-state index contributed by atoms with van der Waals surface area (Å²) in [7, 11) is 1.64. The van der Waals surface area contributed by atoms with Gasteiger partial charge in [-0.2, -0.15) is 0 Å². The van der Waals surface area contributed by atoms with Crippen LogP contribution in [0.2, 0.25) is 5.02 Å². The first-order chi connectivity index (χ1) is 12.3. The van der Waals surface area contributed by atoms with Crippen LogP contribution in [-0.2, 0) is 16.8 Å². The molecule has 0 aromatic heterocycles. The predicted molar refractivity (Wildman–Crippen MR) is 96.5 cm³/mol. The zero-order valence-corrected chi connectivity index (χ0v) is 15.0. The summed E-state index contributed by atoms with van der Waals surface area (Å²) in [5, 5.41) is 11.3. The van der Waals surface area contributed by atoms with Crippen molar-refractivity contribution in [2.75, 3.05) is 7.05 Å². The maximum Gasteiger partial charge on any atom is 0.269 e. The SMILES string of the molecule is CN(Cc1cc([N+](=O)[O-])ccc1Cl)C(=O)C1(c2cccc(F)c2)CCC1. The van der Waals surface area contributed by atoms with Crippen LogP contribution in [0.15, 0.2) is 42.5 Å². The number of carbonyl (C=O) groups is 1. The van der Waals surface area contributed by atoms with Crippen LogP contribution in [0.3, 0.4) is 0 Å². The second-order valence-corrected chi connectivity index (χ2v) is 7.05. The van der Waals surface area contributed by atoms with E-state index in [1.54, 1.807) is 19.2 Å². The van der Waals surface area contributed by atoms with Gasteiger partial charge >= 0.3 is 0 Å². The summed E-state index contributed by atoms with van der Waals surface area (Å²) in [4.78, 5) is 25.1. The van der Waals surface area contributed by atoms with Crippen molar-refractivity contribution in [3.8, 4) is 0 Å². The second kappa shape index (κ2) is 7.03. The van der Waals surface area contributed by atoms with Gasteiger partial charge < -0.3 is 4.90 Å². The highest BCUT2D eigenvalue weighted by atomic mass is 35.5. The van der Waals surface area contributed by atoms with Crippen LogP contribution in [0.4, 0.5) is 10.1 Å². The van der Waals surface area contributed by atoms with E-state index in [2.05, 4.69) is 0 Å². The number of hydrogen-bond acceptors (Lipinski definition) is 3. The van der Waals surface area contributed by atoms with E-state index in [9.17, 15) is 19.3 Å². The van der Waals surface area contributed by atoms with Crippen LogP contribution in [0, 0.1) is 15.9 Å². The number of hydrogen-bond donors (Lipinski definition) is 0. The summed E-state index contributed by atoms with van der Waals surface area (Å²) in [5.41, 5.74) is 0.370. The van der Waals surface area contributed by atoms with Crippen molar-refractivity contribution < 1.29 is 14.1 Å². The highest BCUT2D eigenvalue weighted by Gasteiger charge is 2.47. The topological polar surface area (TPSA) is 63.4 Å². The molecule has 0 radical (unpaired) electrons. The minimum Gasteiger partial charge on any atom is -0.341 e. The van der Waals surface area contributed by atoms with Gasteiger partial charge in [0, 0.05) is 30.7 Å². The molecule has 1 amide bonds. The smallest absolute Gasteiger partial charge is 0.269 e. The van der Waals surface area contributed by atoms with Gasteiger partial charge in [-0.15, -0.1) is 0 Å². The van der Waals surface area contributed by atoms with E-state index in [0.29, 0.717) is 29.0 Å². The van der Waals surface area contributed by atoms with Gasteiger partial charge in [-0.05, 0) is 42.2 Å². The van der Waals surface area contributed by atoms with Gasteiger partial charge in [0.05, 0.1) is 10.3 Å². The molecule has 0 atom stereocenters. The number of amides is 1. The Morgan fingerprint density at radius 3 is 2.62 bits per heavy atom. The minimum atomic E-state index is -0.732. The van der Waals surface area contributed by atoms with Gasteiger partial charge in [0.25, 0.3) is 5.69 Å². The lowest BCUT2D eigenvalue weighted by atomic mass is 9.63. The number of nitro groups is 1. The highest BCUT2D eigenvalue weighted by Crippen LogP contribution is 2.45. The molecule has 1 aliphatic rings. The van der Waals surface area contributed by atoms with Gasteiger partial charge in [0.2, 0.25) is 5.91 Å². The molecule has 0 bridgehead atoms. The summed E-state index contributed by atoms with van der Waals surface area (Å²) in [6.07, 6.45) is 2.21. The molecular weight excluding hydrogens is 359 g/mol. The molecule has 1 aliphatic carbocycles. The largest absolute Gasteiger partial charge is 0.341 e. The second-order valence-electron chi connectivity index (χ2n) is 6.64. The number of likely N-dealkylation sites (N-methyl/N-ethyl adjacent to an activating group) is 1. The van der Waals surface area contributed by atoms with E-state index < -0.39 is 10.3 Å². The van der Waals surface area contributed by atoms with E-state index in [1.807, 2.05) is 0 Å². The molecule has 0 heterocycles. The zero-order valence-electron chi connectivity index (χ0n) is 14.2. The lowest BCUT2D eigenvalue weighted by Crippen LogP contribution is -2.49. The summed E-state index contributed by atoms with van der Waals surface area (Å²) in [6.45, 7) is 0.149. The van der Waals surface area contributed by atoms with E-state index in [1.165, 1.54) is 35.2 Å². The Hall–Kier alpha value is -2.47. The third kappa shape index (κ3) is 3.29. The van der Waals surface area contributed by atoms with Crippen molar-refractivity contribution in [2.24, 2.45) is 0 Å². The summed E-state index contributed by atoms with van der Waals surface area (Å²) < 4.78 is 13.6. The van der Waals surface area contributed by atoms with Gasteiger partial charge in [-0.25, -0.2) is 4.39 Å². The molecule has 3 rings (SSSR count). The van der Waals surface area contributed by atoms with Crippen LogP contribution in [0.5, 0.6) is 0 Å². The van der Waals surface area contributed by atoms with E-state index >= 15 is 0 Å². The Labute approximate surface area is 155 Å². The molecule has 1 saturated carbocycles. The number of benzene rings is 2. The Bertz CT molecular complexity index is 868. The summed E-state index contributed by atoms with van der Waals surface area (Å²) >= 11 is 6.14. The van der Waals surface area contributed by atoms with Gasteiger partial charge in [-0.1, -0.05) is 30.2 Å². The van der Waals surface area contributed by atoms with Crippen molar-refractivity contribution in [3.63, 3.8) is 0 Å². The quantitative estimate of drug-likeness (QED) is 0.571. The van der Waals surface area contributed by atoms with Crippen molar-refractivity contribution in [3.05, 3.63) is 74.5 Å². The lowest BCUT2D eigenvalue weighted by molar-refractivity contribution is -0.384. The van der Waals surface area contributed by atoms with Gasteiger partial charge in [0.15, 0.2) is 0 Å². The summed E-state index contributed by atoms with van der Waals surface area (Å²) in [6, 6.07) is 10.3. The number of halogens is 2. The molecule has 136 valence electrons. The molecule has 0 saturated heterocycles. The molecule has 2 aromatic carbocycles. The van der Waals surface area contributed by atoms with Gasteiger partial charge in [-0.3, -0.25) is 14.9 Å². The predicted octanol–water partition coefficient (Wildman–Crippen LogP) is 4.47. The molecule has 0 aliphatic heterocycles. The van der Waals surface area contributed by atoms with Crippen LogP contribution >= 0.6 is 11.6 Å². The van der Waals surface area contributed by atoms with Crippen molar-refractivity contribution >= 4 is 23.2 Å². The zero-order chi connectivity index (χ0) is 18.9. The van der Waals surface area contributed by atoms with Crippen LogP contribution in [-0.4, -0.2) is 22.8 Å². The highest BCUT2D eigenvalue weighted by molar-refractivity contribution is 6.31. The monoisotopic (exact) mass is 376 g/mol. The number of rotatable bonds is 5. The van der Waals surface area contributed by atoms with Crippen LogP contribution < -0.4 is 0 Å². The number of non-ortho nitro benzene ring substituents is 1. The van der Waals surface area contributed by atoms with Crippen LogP contribution in [0.1, 0.15) is 30.4 Å². The number of carbonyl (C=O) groups excluding carboxylic acids is 1. The van der Waals surface area contributed by atoms with Gasteiger partial charge in [0.1, 0.15) is 5.82 Å². The Balaban J connectivity index is 1.85. The molecule has 0 spiro atoms. The fourth-order valence-corrected chi connectivity index (χ4v) is 3.61. The first-order valence-electron chi connectivity index (χ1n) is 8.28. The fraction of sp³-hybridized carbons (Fsp3) is 0.316. The molecule has 26 heavy (non-hydrogen) atoms. The molecule has 7 heteroatoms. The average molecular weight is 377 g/mol. The number of nitro benzene ring substituents is 1. The minimum absolute atomic E-state index is 0.0752. The standard InChI is InChI=1S/C19H18ClFN2O3/c1-22(12-13-10-16(23(25)26)6-7-17(13)20)18(24)19(8-3-9-19)14-4-2-5-15(21)11-14/h2,4-7,10-11H,3,8-9,12H2,1H3. The maximum atomic E-state index is 13.6. The normalized spacial score (nSPS) is 15.2. The van der Waals surface area contributed by atoms with Crippen LogP contribution in [0.25, 0.3) is 0 Å². The first kappa shape index (κ1) is 18.3.